The predicted octanol–water partition coefficient (Wildman–Crippen LogP) is 1.30. The van der Waals surface area contributed by atoms with Gasteiger partial charge in [-0.1, -0.05) is 30.3 Å². The van der Waals surface area contributed by atoms with E-state index in [-0.39, 0.29) is 41.5 Å². The molecule has 1 saturated heterocycles. The van der Waals surface area contributed by atoms with Gasteiger partial charge in [0.1, 0.15) is 0 Å². The fourth-order valence-corrected chi connectivity index (χ4v) is 4.94. The van der Waals surface area contributed by atoms with Crippen molar-refractivity contribution in [3.05, 3.63) is 35.9 Å². The number of hydrogen-bond acceptors (Lipinski definition) is 4. The summed E-state index contributed by atoms with van der Waals surface area (Å²) in [5.74, 6) is -0.512. The van der Waals surface area contributed by atoms with Crippen LogP contribution in [0.3, 0.4) is 0 Å². The highest BCUT2D eigenvalue weighted by atomic mass is 16.3. The molecule has 7 heteroatoms. The summed E-state index contributed by atoms with van der Waals surface area (Å²) in [6, 6.07) is 9.80. The Morgan fingerprint density at radius 2 is 1.90 bits per heavy atom. The van der Waals surface area contributed by atoms with E-state index in [9.17, 15) is 19.5 Å². The zero-order valence-electron chi connectivity index (χ0n) is 18.1. The van der Waals surface area contributed by atoms with E-state index in [1.54, 1.807) is 23.9 Å². The summed E-state index contributed by atoms with van der Waals surface area (Å²) in [6.07, 6.45) is 2.24. The third kappa shape index (κ3) is 4.67. The van der Waals surface area contributed by atoms with Crippen molar-refractivity contribution in [2.75, 3.05) is 27.2 Å². The molecule has 1 saturated carbocycles. The molecule has 0 spiro atoms. The van der Waals surface area contributed by atoms with Crippen molar-refractivity contribution in [2.24, 2.45) is 5.92 Å². The molecule has 1 aliphatic carbocycles. The van der Waals surface area contributed by atoms with Crippen molar-refractivity contribution < 1.29 is 19.5 Å². The molecule has 0 bridgehead atoms. The quantitative estimate of drug-likeness (QED) is 0.710. The number of aliphatic hydroxyl groups excluding tert-OH is 1. The van der Waals surface area contributed by atoms with Gasteiger partial charge in [0.25, 0.3) is 0 Å². The van der Waals surface area contributed by atoms with Gasteiger partial charge in [0.05, 0.1) is 18.1 Å². The highest BCUT2D eigenvalue weighted by Gasteiger charge is 2.42. The van der Waals surface area contributed by atoms with Gasteiger partial charge in [0, 0.05) is 45.9 Å². The van der Waals surface area contributed by atoms with E-state index in [2.05, 4.69) is 17.4 Å². The first-order valence-corrected chi connectivity index (χ1v) is 10.7. The molecule has 3 amide bonds. The third-order valence-corrected chi connectivity index (χ3v) is 6.88. The van der Waals surface area contributed by atoms with Gasteiger partial charge in [-0.15, -0.1) is 0 Å². The maximum atomic E-state index is 13.0. The predicted molar refractivity (Wildman–Crippen MR) is 114 cm³/mol. The van der Waals surface area contributed by atoms with Crippen LogP contribution in [0.5, 0.6) is 0 Å². The molecule has 30 heavy (non-hydrogen) atoms. The van der Waals surface area contributed by atoms with E-state index < -0.39 is 6.10 Å². The average Bonchev–Trinajstić information content (AvgIpc) is 2.97. The molecule has 1 heterocycles. The summed E-state index contributed by atoms with van der Waals surface area (Å²) < 4.78 is 0. The molecular weight excluding hydrogens is 382 g/mol. The molecule has 1 aromatic carbocycles. The number of aliphatic hydroxyl groups is 1. The van der Waals surface area contributed by atoms with E-state index in [1.807, 2.05) is 18.2 Å². The zero-order chi connectivity index (χ0) is 21.9. The van der Waals surface area contributed by atoms with Crippen LogP contribution in [0, 0.1) is 5.92 Å². The Hall–Kier alpha value is -2.41. The first-order valence-electron chi connectivity index (χ1n) is 10.7. The van der Waals surface area contributed by atoms with Gasteiger partial charge >= 0.3 is 0 Å². The van der Waals surface area contributed by atoms with Gasteiger partial charge in [0.15, 0.2) is 0 Å². The van der Waals surface area contributed by atoms with E-state index in [4.69, 9.17) is 0 Å². The second kappa shape index (κ2) is 9.16. The topological polar surface area (TPSA) is 90.0 Å². The lowest BCUT2D eigenvalue weighted by molar-refractivity contribution is -0.139. The fourth-order valence-electron chi connectivity index (χ4n) is 4.94. The van der Waals surface area contributed by atoms with Gasteiger partial charge in [-0.2, -0.15) is 0 Å². The minimum absolute atomic E-state index is 0.0124. The number of benzene rings is 1. The molecule has 3 rings (SSSR count). The van der Waals surface area contributed by atoms with Crippen LogP contribution < -0.4 is 5.32 Å². The minimum atomic E-state index is -0.642. The van der Waals surface area contributed by atoms with Crippen LogP contribution in [-0.2, 0) is 19.8 Å². The van der Waals surface area contributed by atoms with Crippen molar-refractivity contribution in [3.63, 3.8) is 0 Å². The Labute approximate surface area is 178 Å². The molecule has 1 unspecified atom stereocenters. The average molecular weight is 416 g/mol. The molecule has 0 radical (unpaired) electrons. The normalized spacial score (nSPS) is 29.4. The lowest BCUT2D eigenvalue weighted by atomic mass is 9.74. The lowest BCUT2D eigenvalue weighted by Crippen LogP contribution is -2.47. The molecule has 1 aliphatic heterocycles. The monoisotopic (exact) mass is 415 g/mol. The van der Waals surface area contributed by atoms with Gasteiger partial charge < -0.3 is 20.2 Å². The number of likely N-dealkylation sites (N-methyl/N-ethyl adjacent to an activating group) is 1. The smallest absolute Gasteiger partial charge is 0.228 e. The van der Waals surface area contributed by atoms with Crippen LogP contribution in [0.25, 0.3) is 0 Å². The van der Waals surface area contributed by atoms with Gasteiger partial charge in [0.2, 0.25) is 17.7 Å². The van der Waals surface area contributed by atoms with Crippen LogP contribution in [0.15, 0.2) is 30.3 Å². The van der Waals surface area contributed by atoms with Crippen LogP contribution in [0.4, 0.5) is 0 Å². The van der Waals surface area contributed by atoms with Crippen LogP contribution in [0.1, 0.15) is 44.6 Å². The molecule has 1 aromatic rings. The molecule has 164 valence electrons. The van der Waals surface area contributed by atoms with Crippen molar-refractivity contribution in [1.29, 1.82) is 0 Å². The Morgan fingerprint density at radius 1 is 1.23 bits per heavy atom. The third-order valence-electron chi connectivity index (χ3n) is 6.88. The summed E-state index contributed by atoms with van der Waals surface area (Å²) in [5.41, 5.74) is 0.861. The number of likely N-dealkylation sites (tertiary alicyclic amines) is 1. The number of carbonyl (C=O) groups excluding carboxylic acids is 3. The number of rotatable bonds is 5. The maximum absolute atomic E-state index is 13.0. The van der Waals surface area contributed by atoms with Crippen LogP contribution in [-0.4, -0.2) is 72.0 Å². The van der Waals surface area contributed by atoms with E-state index in [0.29, 0.717) is 25.9 Å². The molecule has 4 atom stereocenters. The number of carbonyl (C=O) groups is 3. The second-order valence-corrected chi connectivity index (χ2v) is 8.89. The molecule has 2 aliphatic rings. The van der Waals surface area contributed by atoms with Crippen molar-refractivity contribution >= 4 is 17.7 Å². The van der Waals surface area contributed by atoms with Gasteiger partial charge in [-0.05, 0) is 31.2 Å². The van der Waals surface area contributed by atoms with Gasteiger partial charge in [-0.3, -0.25) is 14.4 Å². The Balaban J connectivity index is 1.78. The van der Waals surface area contributed by atoms with Crippen molar-refractivity contribution in [3.8, 4) is 0 Å². The summed E-state index contributed by atoms with van der Waals surface area (Å²) in [4.78, 5) is 39.7. The van der Waals surface area contributed by atoms with E-state index in [0.717, 1.165) is 18.4 Å². The minimum Gasteiger partial charge on any atom is -0.391 e. The van der Waals surface area contributed by atoms with Crippen LogP contribution in [0.2, 0.25) is 0 Å². The molecular formula is C23H33N3O4. The first-order chi connectivity index (χ1) is 14.2. The number of nitrogens with one attached hydrogen (secondary N) is 1. The first kappa shape index (κ1) is 22.3. The van der Waals surface area contributed by atoms with Crippen LogP contribution >= 0.6 is 0 Å². The highest BCUT2D eigenvalue weighted by molar-refractivity contribution is 5.89. The highest BCUT2D eigenvalue weighted by Crippen LogP contribution is 2.39. The summed E-state index contributed by atoms with van der Waals surface area (Å²) in [7, 11) is 3.45. The van der Waals surface area contributed by atoms with Crippen molar-refractivity contribution in [2.45, 2.75) is 56.6 Å². The Bertz CT molecular complexity index is 784. The van der Waals surface area contributed by atoms with Gasteiger partial charge in [-0.25, -0.2) is 0 Å². The largest absolute Gasteiger partial charge is 0.391 e. The second-order valence-electron chi connectivity index (χ2n) is 8.89. The number of hydrogen-bond donors (Lipinski definition) is 2. The summed E-state index contributed by atoms with van der Waals surface area (Å²) in [6.45, 7) is 2.45. The molecule has 2 N–H and O–H groups in total. The standard InChI is InChI=1S/C23H33N3O4/c1-16(27)24-15-23(18-7-5-4-6-8-18)11-9-19(20(28)10-12-23)26(3)22(30)17-13-21(29)25(2)14-17/h4-8,17,19-20,28H,9-15H2,1-3H3,(H,24,27)/t17?,19-,20-,23-/m1/s1. The molecule has 7 nitrogen and oxygen atoms in total. The molecule has 2 fully saturated rings. The number of nitrogens with zero attached hydrogens (tertiary/aromatic N) is 2. The lowest BCUT2D eigenvalue weighted by Gasteiger charge is -2.34. The van der Waals surface area contributed by atoms with E-state index >= 15 is 0 Å². The maximum Gasteiger partial charge on any atom is 0.228 e. The summed E-state index contributed by atoms with van der Waals surface area (Å²) in [5, 5.41) is 13.9. The Morgan fingerprint density at radius 3 is 2.50 bits per heavy atom. The number of amides is 3. The molecule has 0 aromatic heterocycles. The fraction of sp³-hybridized carbons (Fsp3) is 0.609. The Kier molecular flexibility index (Phi) is 6.81. The zero-order valence-corrected chi connectivity index (χ0v) is 18.1. The summed E-state index contributed by atoms with van der Waals surface area (Å²) >= 11 is 0. The SMILES string of the molecule is CC(=O)NC[C@]1(c2ccccc2)CC[C@@H](O)[C@H](N(C)C(=O)C2CC(=O)N(C)C2)CC1. The van der Waals surface area contributed by atoms with Crippen molar-refractivity contribution in [1.82, 2.24) is 15.1 Å². The van der Waals surface area contributed by atoms with E-state index in [1.165, 1.54) is 6.92 Å².